The molecule has 0 N–H and O–H groups in total. The summed E-state index contributed by atoms with van der Waals surface area (Å²) in [6, 6.07) is 18.0. The minimum Gasteiger partial charge on any atom is -0.478 e. The van der Waals surface area contributed by atoms with E-state index in [1.807, 2.05) is 42.5 Å². The van der Waals surface area contributed by atoms with Crippen molar-refractivity contribution in [1.82, 2.24) is 4.31 Å². The molecule has 0 spiro atoms. The van der Waals surface area contributed by atoms with Crippen LogP contribution >= 0.6 is 15.9 Å². The van der Waals surface area contributed by atoms with Crippen LogP contribution in [-0.4, -0.2) is 32.6 Å². The highest BCUT2D eigenvalue weighted by atomic mass is 79.9. The SMILES string of the molecule is CN(C1=C(c2ccc(Br)cc2)C(c2ccccc2)CCO1)S(C)(=O)=O. The molecular formula is C19H20BrNO3S. The number of rotatable bonds is 4. The molecule has 0 bridgehead atoms. The molecule has 1 atom stereocenters. The summed E-state index contributed by atoms with van der Waals surface area (Å²) < 4.78 is 32.3. The quantitative estimate of drug-likeness (QED) is 0.742. The van der Waals surface area contributed by atoms with Gasteiger partial charge in [0.2, 0.25) is 15.9 Å². The van der Waals surface area contributed by atoms with E-state index in [2.05, 4.69) is 28.1 Å². The highest BCUT2D eigenvalue weighted by Gasteiger charge is 2.31. The van der Waals surface area contributed by atoms with Crippen LogP contribution in [0.2, 0.25) is 0 Å². The molecule has 2 aromatic carbocycles. The normalized spacial score (nSPS) is 18.0. The third-order valence-electron chi connectivity index (χ3n) is 4.36. The van der Waals surface area contributed by atoms with E-state index >= 15 is 0 Å². The van der Waals surface area contributed by atoms with Crippen LogP contribution in [0.5, 0.6) is 0 Å². The number of halogens is 1. The number of hydrogen-bond donors (Lipinski definition) is 0. The lowest BCUT2D eigenvalue weighted by Gasteiger charge is -2.33. The van der Waals surface area contributed by atoms with Gasteiger partial charge >= 0.3 is 0 Å². The fourth-order valence-electron chi connectivity index (χ4n) is 3.03. The maximum atomic E-state index is 12.1. The Kier molecular flexibility index (Phi) is 5.20. The summed E-state index contributed by atoms with van der Waals surface area (Å²) in [6.07, 6.45) is 1.99. The van der Waals surface area contributed by atoms with Crippen LogP contribution in [0.25, 0.3) is 5.57 Å². The lowest BCUT2D eigenvalue weighted by Crippen LogP contribution is -2.31. The van der Waals surface area contributed by atoms with Gasteiger partial charge in [-0.15, -0.1) is 0 Å². The Hall–Kier alpha value is -1.79. The molecular weight excluding hydrogens is 402 g/mol. The van der Waals surface area contributed by atoms with Crippen molar-refractivity contribution in [3.63, 3.8) is 0 Å². The summed E-state index contributed by atoms with van der Waals surface area (Å²) in [6.45, 7) is 0.481. The summed E-state index contributed by atoms with van der Waals surface area (Å²) in [4.78, 5) is 0. The third kappa shape index (κ3) is 3.90. The number of nitrogens with zero attached hydrogens (tertiary/aromatic N) is 1. The molecule has 1 heterocycles. The summed E-state index contributed by atoms with van der Waals surface area (Å²) in [5.74, 6) is 0.486. The Bertz CT molecular complexity index is 877. The van der Waals surface area contributed by atoms with Crippen molar-refractivity contribution < 1.29 is 13.2 Å². The van der Waals surface area contributed by atoms with Gasteiger partial charge < -0.3 is 4.74 Å². The maximum Gasteiger partial charge on any atom is 0.234 e. The second-order valence-corrected chi connectivity index (χ2v) is 8.99. The largest absolute Gasteiger partial charge is 0.478 e. The van der Waals surface area contributed by atoms with Gasteiger partial charge in [-0.2, -0.15) is 0 Å². The fraction of sp³-hybridized carbons (Fsp3) is 0.263. The lowest BCUT2D eigenvalue weighted by molar-refractivity contribution is 0.145. The average Bonchev–Trinajstić information content (AvgIpc) is 2.61. The van der Waals surface area contributed by atoms with Gasteiger partial charge in [0.05, 0.1) is 12.9 Å². The summed E-state index contributed by atoms with van der Waals surface area (Å²) >= 11 is 3.45. The molecule has 1 aliphatic heterocycles. The Morgan fingerprint density at radius 3 is 2.32 bits per heavy atom. The number of benzene rings is 2. The highest BCUT2D eigenvalue weighted by molar-refractivity contribution is 9.10. The minimum atomic E-state index is -3.42. The van der Waals surface area contributed by atoms with Crippen LogP contribution in [0.15, 0.2) is 65.0 Å². The molecule has 4 nitrogen and oxygen atoms in total. The molecule has 1 unspecified atom stereocenters. The van der Waals surface area contributed by atoms with E-state index in [9.17, 15) is 8.42 Å². The zero-order chi connectivity index (χ0) is 18.0. The lowest BCUT2D eigenvalue weighted by atomic mass is 9.83. The first-order valence-electron chi connectivity index (χ1n) is 7.99. The molecule has 6 heteroatoms. The van der Waals surface area contributed by atoms with E-state index in [-0.39, 0.29) is 5.92 Å². The Morgan fingerprint density at radius 1 is 1.08 bits per heavy atom. The van der Waals surface area contributed by atoms with Gasteiger partial charge in [-0.05, 0) is 29.7 Å². The second-order valence-electron chi connectivity index (χ2n) is 6.06. The molecule has 25 heavy (non-hydrogen) atoms. The molecule has 0 amide bonds. The van der Waals surface area contributed by atoms with E-state index in [0.29, 0.717) is 12.5 Å². The first-order chi connectivity index (χ1) is 11.9. The van der Waals surface area contributed by atoms with E-state index in [1.165, 1.54) is 17.6 Å². The highest BCUT2D eigenvalue weighted by Crippen LogP contribution is 2.42. The molecule has 2 aromatic rings. The molecule has 0 saturated carbocycles. The predicted octanol–water partition coefficient (Wildman–Crippen LogP) is 4.21. The van der Waals surface area contributed by atoms with Crippen LogP contribution in [0.1, 0.15) is 23.5 Å². The number of ether oxygens (including phenoxy) is 1. The topological polar surface area (TPSA) is 46.6 Å². The van der Waals surface area contributed by atoms with Crippen molar-refractivity contribution in [2.24, 2.45) is 0 Å². The molecule has 0 radical (unpaired) electrons. The molecule has 132 valence electrons. The van der Waals surface area contributed by atoms with E-state index < -0.39 is 10.0 Å². The van der Waals surface area contributed by atoms with Gasteiger partial charge in [0.15, 0.2) is 0 Å². The van der Waals surface area contributed by atoms with Crippen molar-refractivity contribution in [2.75, 3.05) is 19.9 Å². The zero-order valence-electron chi connectivity index (χ0n) is 14.1. The van der Waals surface area contributed by atoms with Crippen molar-refractivity contribution in [1.29, 1.82) is 0 Å². The Morgan fingerprint density at radius 2 is 1.72 bits per heavy atom. The van der Waals surface area contributed by atoms with Gasteiger partial charge in [-0.3, -0.25) is 0 Å². The molecule has 0 fully saturated rings. The van der Waals surface area contributed by atoms with Crippen LogP contribution in [0.4, 0.5) is 0 Å². The number of allylic oxidation sites excluding steroid dienone is 1. The fourth-order valence-corrected chi connectivity index (χ4v) is 3.75. The smallest absolute Gasteiger partial charge is 0.234 e. The van der Waals surface area contributed by atoms with Crippen LogP contribution in [0, 0.1) is 0 Å². The predicted molar refractivity (Wildman–Crippen MR) is 103 cm³/mol. The summed E-state index contributed by atoms with van der Waals surface area (Å²) in [7, 11) is -1.88. The second kappa shape index (κ2) is 7.22. The molecule has 1 aliphatic rings. The maximum absolute atomic E-state index is 12.1. The van der Waals surface area contributed by atoms with Crippen LogP contribution in [0.3, 0.4) is 0 Å². The molecule has 0 saturated heterocycles. The monoisotopic (exact) mass is 421 g/mol. The zero-order valence-corrected chi connectivity index (χ0v) is 16.5. The van der Waals surface area contributed by atoms with Gasteiger partial charge in [0.1, 0.15) is 0 Å². The Labute approximate surface area is 157 Å². The van der Waals surface area contributed by atoms with Gasteiger partial charge in [-0.25, -0.2) is 12.7 Å². The van der Waals surface area contributed by atoms with Gasteiger partial charge in [0.25, 0.3) is 0 Å². The summed E-state index contributed by atoms with van der Waals surface area (Å²) in [5, 5.41) is 0. The van der Waals surface area contributed by atoms with Gasteiger partial charge in [-0.1, -0.05) is 58.4 Å². The number of sulfonamides is 1. The Balaban J connectivity index is 2.20. The van der Waals surface area contributed by atoms with E-state index in [0.717, 1.165) is 27.6 Å². The minimum absolute atomic E-state index is 0.0790. The standard InChI is InChI=1S/C19H20BrNO3S/c1-21(25(2,22)23)19-18(15-8-10-16(20)11-9-15)17(12-13-24-19)14-6-4-3-5-7-14/h3-11,17H,12-13H2,1-2H3. The van der Waals surface area contributed by atoms with Crippen molar-refractivity contribution >= 4 is 31.5 Å². The van der Waals surface area contributed by atoms with E-state index in [4.69, 9.17) is 4.74 Å². The number of hydrogen-bond acceptors (Lipinski definition) is 3. The van der Waals surface area contributed by atoms with Crippen molar-refractivity contribution in [3.8, 4) is 0 Å². The van der Waals surface area contributed by atoms with Crippen LogP contribution < -0.4 is 0 Å². The average molecular weight is 422 g/mol. The molecule has 0 aliphatic carbocycles. The third-order valence-corrected chi connectivity index (χ3v) is 6.05. The molecule has 3 rings (SSSR count). The first-order valence-corrected chi connectivity index (χ1v) is 10.6. The van der Waals surface area contributed by atoms with Crippen molar-refractivity contribution in [3.05, 3.63) is 76.1 Å². The van der Waals surface area contributed by atoms with Crippen LogP contribution in [-0.2, 0) is 14.8 Å². The first kappa shape index (κ1) is 18.0. The summed E-state index contributed by atoms with van der Waals surface area (Å²) in [5.41, 5.74) is 3.02. The van der Waals surface area contributed by atoms with Crippen molar-refractivity contribution in [2.45, 2.75) is 12.3 Å². The van der Waals surface area contributed by atoms with E-state index in [1.54, 1.807) is 0 Å². The van der Waals surface area contributed by atoms with Gasteiger partial charge in [0, 0.05) is 23.0 Å². The molecule has 0 aromatic heterocycles.